The van der Waals surface area contributed by atoms with Crippen LogP contribution in [-0.4, -0.2) is 41.2 Å². The van der Waals surface area contributed by atoms with Gasteiger partial charge in [-0.2, -0.15) is 0 Å². The lowest BCUT2D eigenvalue weighted by Crippen LogP contribution is -2.33. The van der Waals surface area contributed by atoms with E-state index in [0.717, 1.165) is 22.2 Å². The van der Waals surface area contributed by atoms with Crippen LogP contribution in [0.3, 0.4) is 0 Å². The van der Waals surface area contributed by atoms with Crippen molar-refractivity contribution in [3.63, 3.8) is 0 Å². The summed E-state index contributed by atoms with van der Waals surface area (Å²) in [5, 5.41) is 10.2. The van der Waals surface area contributed by atoms with E-state index in [4.69, 9.17) is 4.74 Å². The van der Waals surface area contributed by atoms with Crippen LogP contribution in [0.5, 0.6) is 5.75 Å². The van der Waals surface area contributed by atoms with Crippen molar-refractivity contribution in [2.75, 3.05) is 20.3 Å². The first-order valence-corrected chi connectivity index (χ1v) is 8.10. The molecule has 3 rings (SSSR count). The molecule has 0 aliphatic carbocycles. The zero-order chi connectivity index (χ0) is 17.6. The summed E-state index contributed by atoms with van der Waals surface area (Å²) >= 11 is 0. The van der Waals surface area contributed by atoms with Crippen molar-refractivity contribution in [3.05, 3.63) is 71.9 Å². The normalized spacial score (nSPS) is 10.6. The maximum atomic E-state index is 12.8. The first-order chi connectivity index (χ1) is 12.2. The van der Waals surface area contributed by atoms with Gasteiger partial charge in [0.05, 0.1) is 19.2 Å². The van der Waals surface area contributed by atoms with Gasteiger partial charge in [0.2, 0.25) is 0 Å². The van der Waals surface area contributed by atoms with Gasteiger partial charge in [-0.05, 0) is 29.8 Å². The van der Waals surface area contributed by atoms with Gasteiger partial charge in [-0.3, -0.25) is 4.79 Å². The summed E-state index contributed by atoms with van der Waals surface area (Å²) in [5.41, 5.74) is 2.10. The van der Waals surface area contributed by atoms with Crippen molar-refractivity contribution in [3.8, 4) is 5.75 Å². The van der Waals surface area contributed by atoms with Crippen LogP contribution in [0.15, 0.2) is 60.7 Å². The van der Waals surface area contributed by atoms with Crippen molar-refractivity contribution in [2.24, 2.45) is 0 Å². The van der Waals surface area contributed by atoms with Crippen molar-refractivity contribution in [1.82, 2.24) is 9.88 Å². The van der Waals surface area contributed by atoms with Gasteiger partial charge in [-0.15, -0.1) is 0 Å². The molecule has 0 aliphatic heterocycles. The highest BCUT2D eigenvalue weighted by Crippen LogP contribution is 2.20. The summed E-state index contributed by atoms with van der Waals surface area (Å²) in [6, 6.07) is 18.8. The van der Waals surface area contributed by atoms with Crippen LogP contribution in [0.2, 0.25) is 0 Å². The molecule has 0 radical (unpaired) electrons. The van der Waals surface area contributed by atoms with Crippen molar-refractivity contribution in [2.45, 2.75) is 6.54 Å². The second kappa shape index (κ2) is 7.77. The van der Waals surface area contributed by atoms with E-state index in [1.165, 1.54) is 0 Å². The third-order valence-electron chi connectivity index (χ3n) is 3.99. The summed E-state index contributed by atoms with van der Waals surface area (Å²) in [7, 11) is 1.61. The molecule has 2 aromatic carbocycles. The van der Waals surface area contributed by atoms with Crippen molar-refractivity contribution < 1.29 is 14.6 Å². The van der Waals surface area contributed by atoms with Gasteiger partial charge in [0.1, 0.15) is 11.4 Å². The third-order valence-corrected chi connectivity index (χ3v) is 3.99. The summed E-state index contributed by atoms with van der Waals surface area (Å²) in [5.74, 6) is 0.551. The Morgan fingerprint density at radius 3 is 2.64 bits per heavy atom. The number of fused-ring (bicyclic) bond motifs is 1. The molecule has 25 heavy (non-hydrogen) atoms. The summed E-state index contributed by atoms with van der Waals surface area (Å²) in [4.78, 5) is 18.9. The molecule has 1 amide bonds. The lowest BCUT2D eigenvalue weighted by atomic mass is 10.1. The number of ether oxygens (including phenoxy) is 1. The standard InChI is InChI=1S/C20H20N2O3/c1-25-17-8-10-18-16(13-17)7-9-19(21-18)20(24)22(11-12-23)14-15-5-3-2-4-6-15/h2-10,13,23H,11-12,14H2,1H3. The minimum absolute atomic E-state index is 0.0939. The molecule has 3 aromatic rings. The molecule has 0 saturated carbocycles. The molecule has 1 aromatic heterocycles. The number of amides is 1. The van der Waals surface area contributed by atoms with Crippen LogP contribution in [0.4, 0.5) is 0 Å². The fourth-order valence-corrected chi connectivity index (χ4v) is 2.69. The van der Waals surface area contributed by atoms with Crippen LogP contribution >= 0.6 is 0 Å². The Kier molecular flexibility index (Phi) is 5.26. The van der Waals surface area contributed by atoms with Gasteiger partial charge in [0, 0.05) is 18.5 Å². The molecule has 128 valence electrons. The molecule has 0 atom stereocenters. The van der Waals surface area contributed by atoms with Gasteiger partial charge in [-0.25, -0.2) is 4.98 Å². The molecule has 1 N–H and O–H groups in total. The first-order valence-electron chi connectivity index (χ1n) is 8.10. The molecular formula is C20H20N2O3. The van der Waals surface area contributed by atoms with E-state index >= 15 is 0 Å². The fraction of sp³-hybridized carbons (Fsp3) is 0.200. The van der Waals surface area contributed by atoms with E-state index in [2.05, 4.69) is 4.98 Å². The van der Waals surface area contributed by atoms with Crippen LogP contribution in [0.1, 0.15) is 16.1 Å². The molecule has 1 heterocycles. The number of hydrogen-bond donors (Lipinski definition) is 1. The molecule has 0 saturated heterocycles. The van der Waals surface area contributed by atoms with Gasteiger partial charge in [0.15, 0.2) is 0 Å². The van der Waals surface area contributed by atoms with Crippen molar-refractivity contribution >= 4 is 16.8 Å². The quantitative estimate of drug-likeness (QED) is 0.752. The highest BCUT2D eigenvalue weighted by atomic mass is 16.5. The lowest BCUT2D eigenvalue weighted by Gasteiger charge is -2.21. The molecular weight excluding hydrogens is 316 g/mol. The van der Waals surface area contributed by atoms with Gasteiger partial charge in [0.25, 0.3) is 5.91 Å². The second-order valence-corrected chi connectivity index (χ2v) is 5.69. The minimum Gasteiger partial charge on any atom is -0.497 e. The van der Waals surface area contributed by atoms with E-state index in [1.807, 2.05) is 54.6 Å². The Morgan fingerprint density at radius 2 is 1.92 bits per heavy atom. The second-order valence-electron chi connectivity index (χ2n) is 5.69. The number of aliphatic hydroxyl groups is 1. The number of nitrogens with zero attached hydrogens (tertiary/aromatic N) is 2. The molecule has 5 nitrogen and oxygen atoms in total. The fourth-order valence-electron chi connectivity index (χ4n) is 2.69. The number of methoxy groups -OCH3 is 1. The van der Waals surface area contributed by atoms with E-state index in [9.17, 15) is 9.90 Å². The molecule has 5 heteroatoms. The van der Waals surface area contributed by atoms with Crippen LogP contribution in [0.25, 0.3) is 10.9 Å². The Morgan fingerprint density at radius 1 is 1.12 bits per heavy atom. The summed E-state index contributed by atoms with van der Waals surface area (Å²) < 4.78 is 5.21. The van der Waals surface area contributed by atoms with E-state index in [1.54, 1.807) is 18.1 Å². The number of rotatable bonds is 6. The number of benzene rings is 2. The van der Waals surface area contributed by atoms with Gasteiger partial charge in [-0.1, -0.05) is 36.4 Å². The van der Waals surface area contributed by atoms with E-state index in [-0.39, 0.29) is 19.1 Å². The molecule has 0 bridgehead atoms. The maximum Gasteiger partial charge on any atom is 0.272 e. The Labute approximate surface area is 146 Å². The number of carbonyl (C=O) groups excluding carboxylic acids is 1. The highest BCUT2D eigenvalue weighted by Gasteiger charge is 2.17. The predicted octanol–water partition coefficient (Wildman–Crippen LogP) is 2.88. The monoisotopic (exact) mass is 336 g/mol. The Hall–Kier alpha value is -2.92. The lowest BCUT2D eigenvalue weighted by molar-refractivity contribution is 0.0702. The minimum atomic E-state index is -0.198. The van der Waals surface area contributed by atoms with Gasteiger partial charge < -0.3 is 14.7 Å². The van der Waals surface area contributed by atoms with E-state index in [0.29, 0.717) is 12.2 Å². The van der Waals surface area contributed by atoms with Gasteiger partial charge >= 0.3 is 0 Å². The topological polar surface area (TPSA) is 62.7 Å². The maximum absolute atomic E-state index is 12.8. The number of hydrogen-bond acceptors (Lipinski definition) is 4. The average Bonchev–Trinajstić information content (AvgIpc) is 2.67. The Bertz CT molecular complexity index is 865. The number of aliphatic hydroxyl groups excluding tert-OH is 1. The zero-order valence-electron chi connectivity index (χ0n) is 14.1. The first kappa shape index (κ1) is 16.9. The average molecular weight is 336 g/mol. The summed E-state index contributed by atoms with van der Waals surface area (Å²) in [6.07, 6.45) is 0. The van der Waals surface area contributed by atoms with Crippen LogP contribution in [-0.2, 0) is 6.54 Å². The number of aromatic nitrogens is 1. The van der Waals surface area contributed by atoms with E-state index < -0.39 is 0 Å². The molecule has 0 aliphatic rings. The predicted molar refractivity (Wildman–Crippen MR) is 96.6 cm³/mol. The largest absolute Gasteiger partial charge is 0.497 e. The smallest absolute Gasteiger partial charge is 0.272 e. The zero-order valence-corrected chi connectivity index (χ0v) is 14.1. The third kappa shape index (κ3) is 3.95. The Balaban J connectivity index is 1.87. The molecule has 0 spiro atoms. The highest BCUT2D eigenvalue weighted by molar-refractivity contribution is 5.95. The summed E-state index contributed by atoms with van der Waals surface area (Å²) in [6.45, 7) is 0.599. The van der Waals surface area contributed by atoms with Crippen LogP contribution < -0.4 is 4.74 Å². The van der Waals surface area contributed by atoms with Crippen LogP contribution in [0, 0.1) is 0 Å². The molecule has 0 fully saturated rings. The molecule has 0 unspecified atom stereocenters. The SMILES string of the molecule is COc1ccc2nc(C(=O)N(CCO)Cc3ccccc3)ccc2c1. The number of pyridine rings is 1. The number of carbonyl (C=O) groups is 1. The van der Waals surface area contributed by atoms with Crippen molar-refractivity contribution in [1.29, 1.82) is 0 Å².